The number of allylic oxidation sites excluding steroid dienone is 1. The molecule has 0 radical (unpaired) electrons. The maximum atomic E-state index is 12.6. The second kappa shape index (κ2) is 16.8. The first-order valence-electron chi connectivity index (χ1n) is 11.3. The Kier molecular flexibility index (Phi) is 15.5. The summed E-state index contributed by atoms with van der Waals surface area (Å²) in [5.74, 6) is -1.48. The quantitative estimate of drug-likeness (QED) is 0.135. The number of nitrogens with one attached hydrogen (secondary N) is 3. The van der Waals surface area contributed by atoms with Crippen molar-refractivity contribution in [3.63, 3.8) is 0 Å². The van der Waals surface area contributed by atoms with Gasteiger partial charge in [0.2, 0.25) is 11.8 Å². The van der Waals surface area contributed by atoms with E-state index in [9.17, 15) is 24.0 Å². The fraction of sp³-hybridized carbons (Fsp3) is 0.696. The molecule has 0 unspecified atom stereocenters. The Morgan fingerprint density at radius 1 is 1.00 bits per heavy atom. The van der Waals surface area contributed by atoms with Crippen LogP contribution in [0.25, 0.3) is 0 Å². The van der Waals surface area contributed by atoms with E-state index in [0.717, 1.165) is 6.42 Å². The Bertz CT molecular complexity index is 764. The van der Waals surface area contributed by atoms with Crippen molar-refractivity contribution >= 4 is 41.6 Å². The number of esters is 2. The molecule has 0 bridgehead atoms. The van der Waals surface area contributed by atoms with Crippen molar-refractivity contribution in [3.05, 3.63) is 11.6 Å². The molecule has 3 amide bonds. The summed E-state index contributed by atoms with van der Waals surface area (Å²) in [5, 5.41) is 7.45. The Hall–Kier alpha value is -2.76. The highest BCUT2D eigenvalue weighted by molar-refractivity contribution is 7.99. The summed E-state index contributed by atoms with van der Waals surface area (Å²) in [6.45, 7) is 8.75. The van der Waals surface area contributed by atoms with Crippen LogP contribution in [0.15, 0.2) is 11.6 Å². The molecular formula is C23H39N3O8S. The number of carbonyl (C=O) groups is 5. The van der Waals surface area contributed by atoms with E-state index >= 15 is 0 Å². The zero-order valence-corrected chi connectivity index (χ0v) is 22.5. The summed E-state index contributed by atoms with van der Waals surface area (Å²) in [6, 6.07) is -2.02. The Morgan fingerprint density at radius 3 is 2.20 bits per heavy atom. The van der Waals surface area contributed by atoms with Gasteiger partial charge in [-0.25, -0.2) is 9.59 Å². The molecule has 0 aromatic rings. The van der Waals surface area contributed by atoms with E-state index in [1.807, 2.05) is 19.9 Å². The van der Waals surface area contributed by atoms with E-state index in [2.05, 4.69) is 20.7 Å². The lowest BCUT2D eigenvalue weighted by Crippen LogP contribution is -2.50. The molecule has 0 fully saturated rings. The monoisotopic (exact) mass is 517 g/mol. The maximum absolute atomic E-state index is 12.6. The van der Waals surface area contributed by atoms with Crippen LogP contribution in [0.1, 0.15) is 53.9 Å². The normalized spacial score (nSPS) is 13.2. The number of hydrogen-bond donors (Lipinski definition) is 3. The van der Waals surface area contributed by atoms with Crippen LogP contribution < -0.4 is 16.0 Å². The highest BCUT2D eigenvalue weighted by Crippen LogP contribution is 2.10. The molecule has 0 heterocycles. The van der Waals surface area contributed by atoms with Crippen LogP contribution in [0, 0.1) is 0 Å². The predicted octanol–water partition coefficient (Wildman–Crippen LogP) is 1.70. The topological polar surface area (TPSA) is 149 Å². The molecule has 3 N–H and O–H groups in total. The van der Waals surface area contributed by atoms with Crippen molar-refractivity contribution in [3.8, 4) is 0 Å². The van der Waals surface area contributed by atoms with Crippen molar-refractivity contribution in [2.24, 2.45) is 0 Å². The number of rotatable bonds is 14. The molecule has 0 aliphatic heterocycles. The molecular weight excluding hydrogens is 478 g/mol. The van der Waals surface area contributed by atoms with Gasteiger partial charge in [0.1, 0.15) is 24.2 Å². The summed E-state index contributed by atoms with van der Waals surface area (Å²) in [5.41, 5.74) is 0.440. The molecule has 11 nitrogen and oxygen atoms in total. The van der Waals surface area contributed by atoms with Crippen LogP contribution in [0.2, 0.25) is 0 Å². The first kappa shape index (κ1) is 32.2. The summed E-state index contributed by atoms with van der Waals surface area (Å²) in [7, 11) is 2.37. The predicted molar refractivity (Wildman–Crippen MR) is 133 cm³/mol. The number of alkyl carbamates (subject to hydrolysis) is 1. The molecule has 2 atom stereocenters. The third-order valence-electron chi connectivity index (χ3n) is 4.51. The fourth-order valence-electron chi connectivity index (χ4n) is 2.45. The van der Waals surface area contributed by atoms with Gasteiger partial charge in [-0.1, -0.05) is 18.6 Å². The molecule has 0 rings (SSSR count). The van der Waals surface area contributed by atoms with Gasteiger partial charge >= 0.3 is 18.0 Å². The van der Waals surface area contributed by atoms with E-state index < -0.39 is 47.5 Å². The number of methoxy groups -OCH3 is 2. The van der Waals surface area contributed by atoms with Crippen LogP contribution in [-0.4, -0.2) is 79.8 Å². The number of hydrogen-bond acceptors (Lipinski definition) is 9. The van der Waals surface area contributed by atoms with Gasteiger partial charge in [0.05, 0.1) is 14.2 Å². The third kappa shape index (κ3) is 15.7. The average molecular weight is 518 g/mol. The van der Waals surface area contributed by atoms with Crippen LogP contribution in [-0.2, 0) is 33.4 Å². The lowest BCUT2D eigenvalue weighted by atomic mass is 10.1. The highest BCUT2D eigenvalue weighted by atomic mass is 32.2. The molecule has 35 heavy (non-hydrogen) atoms. The van der Waals surface area contributed by atoms with Gasteiger partial charge in [-0.15, -0.1) is 0 Å². The van der Waals surface area contributed by atoms with Gasteiger partial charge in [-0.05, 0) is 40.5 Å². The zero-order valence-electron chi connectivity index (χ0n) is 21.6. The smallest absolute Gasteiger partial charge is 0.408 e. The van der Waals surface area contributed by atoms with Crippen molar-refractivity contribution in [2.45, 2.75) is 71.6 Å². The molecule has 0 saturated carbocycles. The van der Waals surface area contributed by atoms with E-state index in [1.165, 1.54) is 31.6 Å². The van der Waals surface area contributed by atoms with Crippen molar-refractivity contribution < 1.29 is 38.2 Å². The Balaban J connectivity index is 5.09. The van der Waals surface area contributed by atoms with E-state index in [1.54, 1.807) is 20.8 Å². The number of amides is 3. The van der Waals surface area contributed by atoms with E-state index in [4.69, 9.17) is 9.47 Å². The SMILES string of the molecule is CC/C(C)=C/CSC[C@H](NC(=O)CC[C@H](NC(=O)OC(C)(C)C)C(=O)OC)C(=O)NCC(=O)OC. The molecule has 0 aromatic carbocycles. The maximum Gasteiger partial charge on any atom is 0.408 e. The number of thioether (sulfide) groups is 1. The fourth-order valence-corrected chi connectivity index (χ4v) is 3.46. The van der Waals surface area contributed by atoms with Crippen molar-refractivity contribution in [1.82, 2.24) is 16.0 Å². The molecule has 0 aliphatic carbocycles. The van der Waals surface area contributed by atoms with Gasteiger partial charge in [0.25, 0.3) is 0 Å². The Morgan fingerprint density at radius 2 is 1.66 bits per heavy atom. The van der Waals surface area contributed by atoms with Crippen LogP contribution >= 0.6 is 11.8 Å². The minimum atomic E-state index is -1.11. The summed E-state index contributed by atoms with van der Waals surface area (Å²) >= 11 is 1.45. The molecule has 200 valence electrons. The molecule has 0 aliphatic rings. The largest absolute Gasteiger partial charge is 0.468 e. The summed E-state index contributed by atoms with van der Waals surface area (Å²) in [4.78, 5) is 60.5. The third-order valence-corrected chi connectivity index (χ3v) is 5.49. The summed E-state index contributed by atoms with van der Waals surface area (Å²) in [6.07, 6.45) is 1.90. The standard InChI is InChI=1S/C23H39N3O8S/c1-8-15(2)11-12-35-14-17(20(29)24-13-19(28)32-6)25-18(27)10-9-16(21(30)33-7)26-22(31)34-23(3,4)5/h11,16-17H,8-10,12-14H2,1-7H3,(H,24,29)(H,25,27)(H,26,31)/b15-11+/t16-,17-/m0/s1. The minimum absolute atomic E-state index is 0.0696. The number of ether oxygens (including phenoxy) is 3. The van der Waals surface area contributed by atoms with E-state index in [0.29, 0.717) is 5.75 Å². The lowest BCUT2D eigenvalue weighted by Gasteiger charge is -2.23. The number of carbonyl (C=O) groups excluding carboxylic acids is 5. The first-order chi connectivity index (χ1) is 16.3. The van der Waals surface area contributed by atoms with Crippen LogP contribution in [0.5, 0.6) is 0 Å². The molecule has 0 spiro atoms. The van der Waals surface area contributed by atoms with Crippen molar-refractivity contribution in [1.29, 1.82) is 0 Å². The van der Waals surface area contributed by atoms with Crippen LogP contribution in [0.3, 0.4) is 0 Å². The zero-order chi connectivity index (χ0) is 27.0. The second-order valence-electron chi connectivity index (χ2n) is 8.62. The van der Waals surface area contributed by atoms with Crippen LogP contribution in [0.4, 0.5) is 4.79 Å². The lowest BCUT2D eigenvalue weighted by molar-refractivity contribution is -0.143. The minimum Gasteiger partial charge on any atom is -0.468 e. The van der Waals surface area contributed by atoms with Gasteiger partial charge in [0.15, 0.2) is 0 Å². The first-order valence-corrected chi connectivity index (χ1v) is 12.4. The van der Waals surface area contributed by atoms with Gasteiger partial charge in [-0.2, -0.15) is 11.8 Å². The molecule has 0 aromatic heterocycles. The van der Waals surface area contributed by atoms with Crippen molar-refractivity contribution in [2.75, 3.05) is 32.3 Å². The molecule has 12 heteroatoms. The van der Waals surface area contributed by atoms with Gasteiger partial charge in [-0.3, -0.25) is 14.4 Å². The van der Waals surface area contributed by atoms with E-state index in [-0.39, 0.29) is 25.1 Å². The molecule has 0 saturated heterocycles. The highest BCUT2D eigenvalue weighted by Gasteiger charge is 2.27. The second-order valence-corrected chi connectivity index (χ2v) is 9.69. The Labute approximate surface area is 211 Å². The average Bonchev–Trinajstić information content (AvgIpc) is 2.79. The van der Waals surface area contributed by atoms with Gasteiger partial charge in [0, 0.05) is 17.9 Å². The summed E-state index contributed by atoms with van der Waals surface area (Å²) < 4.78 is 14.4. The van der Waals surface area contributed by atoms with Gasteiger partial charge < -0.3 is 30.2 Å².